The van der Waals surface area contributed by atoms with Gasteiger partial charge >= 0.3 is 0 Å². The van der Waals surface area contributed by atoms with Gasteiger partial charge in [-0.2, -0.15) is 0 Å². The summed E-state index contributed by atoms with van der Waals surface area (Å²) in [6.45, 7) is 3.42. The number of H-pyrrole nitrogens is 1. The number of benzene rings is 4. The van der Waals surface area contributed by atoms with Crippen molar-refractivity contribution in [1.29, 1.82) is 0 Å². The fraction of sp³-hybridized carbons (Fsp3) is 0.161. The van der Waals surface area contributed by atoms with Gasteiger partial charge in [0, 0.05) is 36.7 Å². The van der Waals surface area contributed by atoms with Crippen molar-refractivity contribution in [2.75, 3.05) is 6.54 Å². The van der Waals surface area contributed by atoms with Crippen LogP contribution in [0.4, 0.5) is 0 Å². The van der Waals surface area contributed by atoms with Crippen LogP contribution < -0.4 is 4.74 Å². The van der Waals surface area contributed by atoms with Gasteiger partial charge in [-0.1, -0.05) is 91.0 Å². The lowest BCUT2D eigenvalue weighted by Gasteiger charge is -2.22. The maximum absolute atomic E-state index is 6.08. The van der Waals surface area contributed by atoms with Crippen LogP contribution in [0.5, 0.6) is 5.75 Å². The lowest BCUT2D eigenvalue weighted by atomic mass is 10.1. The van der Waals surface area contributed by atoms with Crippen LogP contribution in [0.25, 0.3) is 10.9 Å². The van der Waals surface area contributed by atoms with Crippen LogP contribution in [0.1, 0.15) is 22.3 Å². The smallest absolute Gasteiger partial charge is 0.120 e. The van der Waals surface area contributed by atoms with Crippen molar-refractivity contribution in [3.8, 4) is 5.75 Å². The summed E-state index contributed by atoms with van der Waals surface area (Å²) in [5.41, 5.74) is 6.34. The summed E-state index contributed by atoms with van der Waals surface area (Å²) >= 11 is 0. The van der Waals surface area contributed by atoms with Crippen molar-refractivity contribution in [2.45, 2.75) is 26.1 Å². The van der Waals surface area contributed by atoms with Crippen LogP contribution in [-0.4, -0.2) is 16.4 Å². The van der Waals surface area contributed by atoms with E-state index >= 15 is 0 Å². The number of hydrogen-bond acceptors (Lipinski definition) is 2. The molecule has 0 unspecified atom stereocenters. The molecule has 0 aliphatic rings. The standard InChI is InChI=1S/C31H30N2O/c1-4-10-25(11-5-1)22-33(23-26-12-6-2-7-13-26)19-18-28-21-32-31-17-16-29(20-30(28)31)34-24-27-14-8-3-9-15-27/h1-17,20-21,32H,18-19,22-24H2. The first-order valence-corrected chi connectivity index (χ1v) is 11.9. The minimum absolute atomic E-state index is 0.577. The van der Waals surface area contributed by atoms with E-state index in [0.29, 0.717) is 6.61 Å². The Labute approximate surface area is 201 Å². The van der Waals surface area contributed by atoms with E-state index in [1.165, 1.54) is 27.6 Å². The van der Waals surface area contributed by atoms with Crippen molar-refractivity contribution in [3.05, 3.63) is 138 Å². The fourth-order valence-electron chi connectivity index (χ4n) is 4.37. The molecule has 0 saturated carbocycles. The van der Waals surface area contributed by atoms with Gasteiger partial charge in [-0.05, 0) is 46.9 Å². The van der Waals surface area contributed by atoms with Crippen molar-refractivity contribution in [3.63, 3.8) is 0 Å². The Kier molecular flexibility index (Phi) is 7.03. The van der Waals surface area contributed by atoms with Crippen molar-refractivity contribution < 1.29 is 4.74 Å². The number of aromatic nitrogens is 1. The summed E-state index contributed by atoms with van der Waals surface area (Å²) in [5.74, 6) is 0.905. The second-order valence-electron chi connectivity index (χ2n) is 8.73. The van der Waals surface area contributed by atoms with Gasteiger partial charge in [0.2, 0.25) is 0 Å². The lowest BCUT2D eigenvalue weighted by Crippen LogP contribution is -2.25. The van der Waals surface area contributed by atoms with Gasteiger partial charge < -0.3 is 9.72 Å². The molecule has 5 rings (SSSR count). The SMILES string of the molecule is c1ccc(COc2ccc3[nH]cc(CCN(Cc4ccccc4)Cc4ccccc4)c3c2)cc1. The van der Waals surface area contributed by atoms with Crippen LogP contribution in [0.15, 0.2) is 115 Å². The van der Waals surface area contributed by atoms with Gasteiger partial charge in [0.25, 0.3) is 0 Å². The van der Waals surface area contributed by atoms with Crippen molar-refractivity contribution in [2.24, 2.45) is 0 Å². The van der Waals surface area contributed by atoms with Crippen LogP contribution in [-0.2, 0) is 26.1 Å². The Bertz CT molecular complexity index is 1260. The van der Waals surface area contributed by atoms with Gasteiger partial charge in [0.05, 0.1) is 0 Å². The molecule has 0 bridgehead atoms. The average molecular weight is 447 g/mol. The van der Waals surface area contributed by atoms with E-state index in [0.717, 1.165) is 37.3 Å². The quantitative estimate of drug-likeness (QED) is 0.250. The van der Waals surface area contributed by atoms with Crippen LogP contribution in [0, 0.1) is 0 Å². The largest absolute Gasteiger partial charge is 0.489 e. The molecule has 34 heavy (non-hydrogen) atoms. The molecule has 3 heteroatoms. The van der Waals surface area contributed by atoms with E-state index in [1.807, 2.05) is 24.3 Å². The van der Waals surface area contributed by atoms with Crippen LogP contribution >= 0.6 is 0 Å². The number of ether oxygens (including phenoxy) is 1. The van der Waals surface area contributed by atoms with E-state index in [9.17, 15) is 0 Å². The molecule has 1 heterocycles. The zero-order valence-corrected chi connectivity index (χ0v) is 19.4. The lowest BCUT2D eigenvalue weighted by molar-refractivity contribution is 0.260. The summed E-state index contributed by atoms with van der Waals surface area (Å²) in [4.78, 5) is 5.97. The first-order chi connectivity index (χ1) is 16.8. The highest BCUT2D eigenvalue weighted by atomic mass is 16.5. The van der Waals surface area contributed by atoms with E-state index < -0.39 is 0 Å². The second kappa shape index (κ2) is 10.9. The van der Waals surface area contributed by atoms with Crippen LogP contribution in [0.2, 0.25) is 0 Å². The van der Waals surface area contributed by atoms with Gasteiger partial charge in [0.1, 0.15) is 12.4 Å². The molecule has 0 radical (unpaired) electrons. The predicted octanol–water partition coefficient (Wildman–Crippen LogP) is 6.99. The molecule has 5 aromatic rings. The number of nitrogens with one attached hydrogen (secondary N) is 1. The molecule has 4 aromatic carbocycles. The summed E-state index contributed by atoms with van der Waals surface area (Å²) in [6.07, 6.45) is 3.12. The molecule has 1 aromatic heterocycles. The Balaban J connectivity index is 1.29. The zero-order chi connectivity index (χ0) is 23.0. The highest BCUT2D eigenvalue weighted by Gasteiger charge is 2.11. The number of fused-ring (bicyclic) bond motifs is 1. The molecular formula is C31H30N2O. The monoisotopic (exact) mass is 446 g/mol. The Morgan fingerprint density at radius 3 is 1.85 bits per heavy atom. The highest BCUT2D eigenvalue weighted by molar-refractivity contribution is 5.84. The molecule has 1 N–H and O–H groups in total. The Morgan fingerprint density at radius 2 is 1.24 bits per heavy atom. The number of hydrogen-bond donors (Lipinski definition) is 1. The van der Waals surface area contributed by atoms with Gasteiger partial charge in [-0.3, -0.25) is 4.90 Å². The Hall–Kier alpha value is -3.82. The summed E-state index contributed by atoms with van der Waals surface area (Å²) in [5, 5.41) is 1.24. The van der Waals surface area contributed by atoms with Gasteiger partial charge in [-0.25, -0.2) is 0 Å². The summed E-state index contributed by atoms with van der Waals surface area (Å²) in [7, 11) is 0. The second-order valence-corrected chi connectivity index (χ2v) is 8.73. The minimum atomic E-state index is 0.577. The summed E-state index contributed by atoms with van der Waals surface area (Å²) < 4.78 is 6.08. The van der Waals surface area contributed by atoms with E-state index in [4.69, 9.17) is 4.74 Å². The number of nitrogens with zero attached hydrogens (tertiary/aromatic N) is 1. The third kappa shape index (κ3) is 5.75. The predicted molar refractivity (Wildman–Crippen MR) is 140 cm³/mol. The van der Waals surface area contributed by atoms with Gasteiger partial charge in [-0.15, -0.1) is 0 Å². The molecule has 3 nitrogen and oxygen atoms in total. The first-order valence-electron chi connectivity index (χ1n) is 11.9. The average Bonchev–Trinajstić information content (AvgIpc) is 3.30. The molecule has 0 atom stereocenters. The summed E-state index contributed by atoms with van der Waals surface area (Å²) in [6, 6.07) is 38.1. The normalized spacial score (nSPS) is 11.2. The van der Waals surface area contributed by atoms with Crippen molar-refractivity contribution in [1.82, 2.24) is 9.88 Å². The Morgan fingerprint density at radius 1 is 0.647 bits per heavy atom. The maximum Gasteiger partial charge on any atom is 0.120 e. The van der Waals surface area contributed by atoms with E-state index in [2.05, 4.69) is 101 Å². The third-order valence-electron chi connectivity index (χ3n) is 6.18. The molecule has 0 amide bonds. The minimum Gasteiger partial charge on any atom is -0.489 e. The fourth-order valence-corrected chi connectivity index (χ4v) is 4.37. The molecule has 0 saturated heterocycles. The molecular weight excluding hydrogens is 416 g/mol. The van der Waals surface area contributed by atoms with Crippen LogP contribution in [0.3, 0.4) is 0 Å². The highest BCUT2D eigenvalue weighted by Crippen LogP contribution is 2.25. The third-order valence-corrected chi connectivity index (χ3v) is 6.18. The van der Waals surface area contributed by atoms with Crippen molar-refractivity contribution >= 4 is 10.9 Å². The maximum atomic E-state index is 6.08. The molecule has 0 aliphatic carbocycles. The van der Waals surface area contributed by atoms with E-state index in [1.54, 1.807) is 0 Å². The number of rotatable bonds is 10. The van der Waals surface area contributed by atoms with E-state index in [-0.39, 0.29) is 0 Å². The number of aromatic amines is 1. The topological polar surface area (TPSA) is 28.3 Å². The zero-order valence-electron chi connectivity index (χ0n) is 19.4. The first kappa shape index (κ1) is 22.0. The molecule has 0 aliphatic heterocycles. The molecule has 170 valence electrons. The molecule has 0 fully saturated rings. The molecule has 0 spiro atoms. The van der Waals surface area contributed by atoms with Gasteiger partial charge in [0.15, 0.2) is 0 Å².